The maximum Gasteiger partial charge on any atom is 0.410 e. The highest BCUT2D eigenvalue weighted by atomic mass is 16.6. The lowest BCUT2D eigenvalue weighted by molar-refractivity contribution is 0.0288. The van der Waals surface area contributed by atoms with E-state index in [2.05, 4.69) is 4.98 Å². The van der Waals surface area contributed by atoms with Crippen molar-refractivity contribution in [1.82, 2.24) is 14.5 Å². The fourth-order valence-corrected chi connectivity index (χ4v) is 2.34. The molecule has 1 aliphatic rings. The average Bonchev–Trinajstić information content (AvgIpc) is 2.87. The maximum absolute atomic E-state index is 12.0. The minimum atomic E-state index is -0.422. The zero-order valence-electron chi connectivity index (χ0n) is 12.2. The number of aromatic nitrogens is 2. The maximum atomic E-state index is 12.0. The molecule has 1 aliphatic heterocycles. The zero-order valence-corrected chi connectivity index (χ0v) is 12.2. The highest BCUT2D eigenvalue weighted by molar-refractivity contribution is 5.68. The van der Waals surface area contributed by atoms with Gasteiger partial charge < -0.3 is 14.2 Å². The van der Waals surface area contributed by atoms with Crippen LogP contribution in [0.3, 0.4) is 0 Å². The van der Waals surface area contributed by atoms with E-state index in [-0.39, 0.29) is 6.09 Å². The van der Waals surface area contributed by atoms with Crippen molar-refractivity contribution in [3.8, 4) is 0 Å². The average molecular weight is 265 g/mol. The van der Waals surface area contributed by atoms with E-state index in [4.69, 9.17) is 4.74 Å². The smallest absolute Gasteiger partial charge is 0.410 e. The van der Waals surface area contributed by atoms with Crippen molar-refractivity contribution >= 4 is 6.09 Å². The molecule has 0 N–H and O–H groups in total. The molecule has 5 nitrogen and oxygen atoms in total. The number of rotatable bonds is 2. The van der Waals surface area contributed by atoms with Crippen LogP contribution in [0.1, 0.15) is 33.0 Å². The zero-order chi connectivity index (χ0) is 14.0. The summed E-state index contributed by atoms with van der Waals surface area (Å²) < 4.78 is 7.43. The van der Waals surface area contributed by atoms with E-state index < -0.39 is 5.60 Å². The Morgan fingerprint density at radius 3 is 2.84 bits per heavy atom. The fraction of sp³-hybridized carbons (Fsp3) is 0.714. The number of likely N-dealkylation sites (tertiary alicyclic amines) is 1. The predicted molar refractivity (Wildman–Crippen MR) is 72.8 cm³/mol. The second-order valence-electron chi connectivity index (χ2n) is 6.24. The van der Waals surface area contributed by atoms with Crippen molar-refractivity contribution in [2.45, 2.75) is 39.2 Å². The molecule has 1 fully saturated rings. The summed E-state index contributed by atoms with van der Waals surface area (Å²) in [5.41, 5.74) is -0.422. The molecule has 0 saturated carbocycles. The van der Waals surface area contributed by atoms with E-state index in [9.17, 15) is 4.79 Å². The summed E-state index contributed by atoms with van der Waals surface area (Å²) in [6.45, 7) is 7.23. The van der Waals surface area contributed by atoms with Gasteiger partial charge in [0, 0.05) is 39.0 Å². The number of carbonyl (C=O) groups excluding carboxylic acids is 1. The van der Waals surface area contributed by atoms with Crippen LogP contribution in [0, 0.1) is 5.92 Å². The highest BCUT2D eigenvalue weighted by Crippen LogP contribution is 2.22. The molecule has 0 spiro atoms. The van der Waals surface area contributed by atoms with E-state index in [1.165, 1.54) is 0 Å². The van der Waals surface area contributed by atoms with Crippen LogP contribution >= 0.6 is 0 Å². The van der Waals surface area contributed by atoms with Gasteiger partial charge in [0.05, 0.1) is 0 Å². The molecule has 19 heavy (non-hydrogen) atoms. The largest absolute Gasteiger partial charge is 0.444 e. The van der Waals surface area contributed by atoms with Crippen molar-refractivity contribution < 1.29 is 9.53 Å². The summed E-state index contributed by atoms with van der Waals surface area (Å²) in [6.07, 6.45) is 5.51. The van der Waals surface area contributed by atoms with Gasteiger partial charge in [-0.05, 0) is 33.1 Å². The number of amides is 1. The Labute approximate surface area is 114 Å². The minimum Gasteiger partial charge on any atom is -0.444 e. The summed E-state index contributed by atoms with van der Waals surface area (Å²) in [5.74, 6) is 1.56. The Hall–Kier alpha value is -1.52. The fourth-order valence-electron chi connectivity index (χ4n) is 2.34. The van der Waals surface area contributed by atoms with Crippen molar-refractivity contribution in [3.63, 3.8) is 0 Å². The lowest BCUT2D eigenvalue weighted by Gasteiger charge is -2.24. The number of ether oxygens (including phenoxy) is 1. The summed E-state index contributed by atoms with van der Waals surface area (Å²) in [4.78, 5) is 18.1. The van der Waals surface area contributed by atoms with Crippen molar-refractivity contribution in [2.75, 3.05) is 13.1 Å². The SMILES string of the molecule is Cn1ccnc1C[C@H]1CCN(C(=O)OC(C)(C)C)C1. The Morgan fingerprint density at radius 1 is 1.53 bits per heavy atom. The van der Waals surface area contributed by atoms with E-state index in [1.807, 2.05) is 44.8 Å². The second kappa shape index (κ2) is 5.23. The quantitative estimate of drug-likeness (QED) is 0.823. The number of hydrogen-bond acceptors (Lipinski definition) is 3. The first-order valence-electron chi connectivity index (χ1n) is 6.79. The Morgan fingerprint density at radius 2 is 2.26 bits per heavy atom. The molecule has 0 unspecified atom stereocenters. The normalized spacial score (nSPS) is 19.8. The van der Waals surface area contributed by atoms with Crippen LogP contribution < -0.4 is 0 Å². The third kappa shape index (κ3) is 3.72. The number of carbonyl (C=O) groups is 1. The Kier molecular flexibility index (Phi) is 3.83. The molecule has 1 aromatic heterocycles. The third-order valence-electron chi connectivity index (χ3n) is 3.33. The summed E-state index contributed by atoms with van der Waals surface area (Å²) in [6, 6.07) is 0. The number of hydrogen-bond donors (Lipinski definition) is 0. The van der Waals surface area contributed by atoms with Gasteiger partial charge in [0.25, 0.3) is 0 Å². The minimum absolute atomic E-state index is 0.199. The van der Waals surface area contributed by atoms with Crippen molar-refractivity contribution in [1.29, 1.82) is 0 Å². The van der Waals surface area contributed by atoms with Crippen LogP contribution in [-0.4, -0.2) is 39.2 Å². The lowest BCUT2D eigenvalue weighted by Crippen LogP contribution is -2.35. The molecule has 1 aromatic rings. The van der Waals surface area contributed by atoms with Crippen LogP contribution in [0.25, 0.3) is 0 Å². The van der Waals surface area contributed by atoms with Crippen LogP contribution in [-0.2, 0) is 18.2 Å². The van der Waals surface area contributed by atoms with Gasteiger partial charge >= 0.3 is 6.09 Å². The molecular formula is C14H23N3O2. The van der Waals surface area contributed by atoms with Gasteiger partial charge in [-0.2, -0.15) is 0 Å². The molecule has 1 atom stereocenters. The van der Waals surface area contributed by atoms with Gasteiger partial charge in [-0.3, -0.25) is 0 Å². The van der Waals surface area contributed by atoms with Gasteiger partial charge in [0.2, 0.25) is 0 Å². The number of aryl methyl sites for hydroxylation is 1. The first kappa shape index (κ1) is 13.9. The van der Waals surface area contributed by atoms with Crippen LogP contribution in [0.4, 0.5) is 4.79 Å². The van der Waals surface area contributed by atoms with E-state index in [0.717, 1.165) is 31.8 Å². The van der Waals surface area contributed by atoms with E-state index in [0.29, 0.717) is 5.92 Å². The monoisotopic (exact) mass is 265 g/mol. The van der Waals surface area contributed by atoms with Gasteiger partial charge in [-0.25, -0.2) is 9.78 Å². The van der Waals surface area contributed by atoms with Crippen molar-refractivity contribution in [3.05, 3.63) is 18.2 Å². The molecule has 106 valence electrons. The van der Waals surface area contributed by atoms with E-state index >= 15 is 0 Å². The molecule has 0 bridgehead atoms. The number of imidazole rings is 1. The number of nitrogens with zero attached hydrogens (tertiary/aromatic N) is 3. The lowest BCUT2D eigenvalue weighted by atomic mass is 10.0. The molecular weight excluding hydrogens is 242 g/mol. The first-order valence-corrected chi connectivity index (χ1v) is 6.79. The topological polar surface area (TPSA) is 47.4 Å². The van der Waals surface area contributed by atoms with Gasteiger partial charge in [-0.1, -0.05) is 0 Å². The molecule has 0 aliphatic carbocycles. The van der Waals surface area contributed by atoms with Crippen LogP contribution in [0.15, 0.2) is 12.4 Å². The Balaban J connectivity index is 1.86. The van der Waals surface area contributed by atoms with Gasteiger partial charge in [0.1, 0.15) is 11.4 Å². The molecule has 1 saturated heterocycles. The summed E-state index contributed by atoms with van der Waals surface area (Å²) in [5, 5.41) is 0. The molecule has 2 rings (SSSR count). The summed E-state index contributed by atoms with van der Waals surface area (Å²) >= 11 is 0. The third-order valence-corrected chi connectivity index (χ3v) is 3.33. The van der Waals surface area contributed by atoms with Crippen LogP contribution in [0.2, 0.25) is 0 Å². The van der Waals surface area contributed by atoms with Gasteiger partial charge in [0.15, 0.2) is 0 Å². The predicted octanol–water partition coefficient (Wildman–Crippen LogP) is 2.22. The molecule has 5 heteroatoms. The first-order chi connectivity index (χ1) is 8.85. The summed E-state index contributed by atoms with van der Waals surface area (Å²) in [7, 11) is 2.00. The second-order valence-corrected chi connectivity index (χ2v) is 6.24. The highest BCUT2D eigenvalue weighted by Gasteiger charge is 2.30. The standard InChI is InChI=1S/C14H23N3O2/c1-14(2,3)19-13(18)17-7-5-11(10-17)9-12-15-6-8-16(12)4/h6,8,11H,5,7,9-10H2,1-4H3/t11-/m1/s1. The molecule has 2 heterocycles. The Bertz CT molecular complexity index is 448. The molecule has 0 radical (unpaired) electrons. The van der Waals surface area contributed by atoms with Gasteiger partial charge in [-0.15, -0.1) is 0 Å². The van der Waals surface area contributed by atoms with E-state index in [1.54, 1.807) is 4.90 Å². The molecule has 0 aromatic carbocycles. The van der Waals surface area contributed by atoms with Crippen molar-refractivity contribution in [2.24, 2.45) is 13.0 Å². The molecule has 1 amide bonds. The van der Waals surface area contributed by atoms with Crippen LogP contribution in [0.5, 0.6) is 0 Å².